The number of aryl methyl sites for hydroxylation is 1. The average Bonchev–Trinajstić information content (AvgIpc) is 2.14. The van der Waals surface area contributed by atoms with Crippen molar-refractivity contribution in [3.8, 4) is 0 Å². The Kier molecular flexibility index (Phi) is 4.72. The van der Waals surface area contributed by atoms with Crippen LogP contribution in [0.25, 0.3) is 0 Å². The Morgan fingerprint density at radius 2 is 1.92 bits per heavy atom. The number of hydrogen-bond donors (Lipinski definition) is 1. The fourth-order valence-corrected chi connectivity index (χ4v) is 1.59. The fraction of sp³-hybridized carbons (Fsp3) is 0.400. The third kappa shape index (κ3) is 3.69. The maximum Gasteiger partial charge on any atom is 0.0201 e. The summed E-state index contributed by atoms with van der Waals surface area (Å²) in [4.78, 5) is 0. The van der Waals surface area contributed by atoms with Gasteiger partial charge in [-0.1, -0.05) is 30.3 Å². The molecule has 1 nitrogen and oxygen atoms in total. The first kappa shape index (κ1) is 9.48. The maximum atomic E-state index is 3.38. The first-order valence-electron chi connectivity index (χ1n) is 4.68. The van der Waals surface area contributed by atoms with Gasteiger partial charge in [-0.3, -0.25) is 0 Å². The summed E-state index contributed by atoms with van der Waals surface area (Å²) in [6, 6.07) is 10.7. The topological polar surface area (TPSA) is 12.0 Å². The van der Waals surface area contributed by atoms with Crippen LogP contribution in [0.4, 0.5) is 0 Å². The first-order chi connectivity index (χ1) is 5.93. The van der Waals surface area contributed by atoms with Crippen molar-refractivity contribution < 1.29 is 0 Å². The molecule has 0 fully saturated rings. The Bertz CT molecular complexity index is 198. The smallest absolute Gasteiger partial charge is 0.0201 e. The minimum absolute atomic E-state index is 1.17. The van der Waals surface area contributed by atoms with Crippen LogP contribution >= 0.6 is 0 Å². The molecule has 66 valence electrons. The summed E-state index contributed by atoms with van der Waals surface area (Å²) in [6.45, 7) is 1.17. The van der Waals surface area contributed by atoms with Gasteiger partial charge in [0.25, 0.3) is 0 Å². The molecule has 0 aliphatic heterocycles. The molecule has 0 saturated heterocycles. The second-order valence-electron chi connectivity index (χ2n) is 2.94. The van der Waals surface area contributed by atoms with Crippen molar-refractivity contribution in [1.29, 1.82) is 0 Å². The Morgan fingerprint density at radius 1 is 1.17 bits per heavy atom. The molecule has 0 heterocycles. The monoisotopic (exact) mass is 179 g/mol. The van der Waals surface area contributed by atoms with Crippen molar-refractivity contribution in [2.24, 2.45) is 0 Å². The van der Waals surface area contributed by atoms with Gasteiger partial charge in [-0.05, 0) is 31.1 Å². The van der Waals surface area contributed by atoms with Gasteiger partial charge in [-0.25, -0.2) is 0 Å². The summed E-state index contributed by atoms with van der Waals surface area (Å²) in [5, 5.41) is 3.38. The van der Waals surface area contributed by atoms with Crippen LogP contribution in [0.3, 0.4) is 0 Å². The molecule has 0 atom stereocenters. The number of benzene rings is 1. The highest BCUT2D eigenvalue weighted by Crippen LogP contribution is 2.00. The fourth-order valence-electron chi connectivity index (χ4n) is 1.24. The third-order valence-corrected chi connectivity index (χ3v) is 2.41. The van der Waals surface area contributed by atoms with Crippen molar-refractivity contribution in [3.63, 3.8) is 0 Å². The summed E-state index contributed by atoms with van der Waals surface area (Å²) in [7, 11) is 1.26. The largest absolute Gasteiger partial charge is 0.320 e. The highest BCUT2D eigenvalue weighted by atomic mass is 28.1. The van der Waals surface area contributed by atoms with E-state index in [0.717, 1.165) is 0 Å². The molecule has 2 heteroatoms. The normalized spacial score (nSPS) is 10.3. The van der Waals surface area contributed by atoms with E-state index in [-0.39, 0.29) is 0 Å². The summed E-state index contributed by atoms with van der Waals surface area (Å²) in [5.74, 6) is 0. The van der Waals surface area contributed by atoms with Crippen molar-refractivity contribution in [3.05, 3.63) is 35.9 Å². The highest BCUT2D eigenvalue weighted by molar-refractivity contribution is 6.08. The van der Waals surface area contributed by atoms with Crippen molar-refractivity contribution >= 4 is 10.2 Å². The van der Waals surface area contributed by atoms with Crippen LogP contribution in [0.5, 0.6) is 0 Å². The van der Waals surface area contributed by atoms with Gasteiger partial charge in [0.2, 0.25) is 0 Å². The highest BCUT2D eigenvalue weighted by Gasteiger charge is 1.89. The van der Waals surface area contributed by atoms with E-state index in [0.29, 0.717) is 0 Å². The zero-order chi connectivity index (χ0) is 8.65. The lowest BCUT2D eigenvalue weighted by Gasteiger charge is -2.01. The van der Waals surface area contributed by atoms with Crippen LogP contribution < -0.4 is 5.32 Å². The molecule has 0 bridgehead atoms. The molecule has 12 heavy (non-hydrogen) atoms. The Hall–Kier alpha value is -0.603. The van der Waals surface area contributed by atoms with Crippen LogP contribution in [0.15, 0.2) is 30.3 Å². The number of hydrogen-bond acceptors (Lipinski definition) is 1. The Labute approximate surface area is 77.6 Å². The van der Waals surface area contributed by atoms with E-state index in [1.54, 1.807) is 0 Å². The molecule has 1 aromatic rings. The molecule has 0 aliphatic carbocycles. The summed E-state index contributed by atoms with van der Waals surface area (Å²) in [5.41, 5.74) is 1.45. The Morgan fingerprint density at radius 3 is 2.58 bits per heavy atom. The van der Waals surface area contributed by atoms with Crippen molar-refractivity contribution in [2.45, 2.75) is 12.8 Å². The van der Waals surface area contributed by atoms with Crippen LogP contribution in [-0.4, -0.2) is 23.0 Å². The van der Waals surface area contributed by atoms with E-state index >= 15 is 0 Å². The van der Waals surface area contributed by atoms with E-state index in [9.17, 15) is 0 Å². The zero-order valence-electron chi connectivity index (χ0n) is 7.72. The van der Waals surface area contributed by atoms with E-state index in [4.69, 9.17) is 0 Å². The van der Waals surface area contributed by atoms with Crippen LogP contribution in [-0.2, 0) is 6.42 Å². The van der Waals surface area contributed by atoms with E-state index in [1.807, 2.05) is 0 Å². The van der Waals surface area contributed by atoms with Gasteiger partial charge >= 0.3 is 0 Å². The minimum Gasteiger partial charge on any atom is -0.320 e. The first-order valence-corrected chi connectivity index (χ1v) is 6.09. The molecule has 0 saturated carbocycles. The lowest BCUT2D eigenvalue weighted by molar-refractivity contribution is 0.710. The molecule has 0 spiro atoms. The minimum atomic E-state index is 1.17. The van der Waals surface area contributed by atoms with Gasteiger partial charge in [0.15, 0.2) is 0 Å². The maximum absolute atomic E-state index is 3.38. The SMILES string of the molecule is [SiH3]CNCCCc1ccccc1. The lowest BCUT2D eigenvalue weighted by Crippen LogP contribution is -2.16. The molecule has 0 radical (unpaired) electrons. The van der Waals surface area contributed by atoms with Gasteiger partial charge in [0.05, 0.1) is 0 Å². The zero-order valence-corrected chi connectivity index (χ0v) is 9.72. The van der Waals surface area contributed by atoms with Crippen LogP contribution in [0.2, 0.25) is 0 Å². The molecular weight excluding hydrogens is 162 g/mol. The predicted molar refractivity (Wildman–Crippen MR) is 57.6 cm³/mol. The van der Waals surface area contributed by atoms with Crippen LogP contribution in [0.1, 0.15) is 12.0 Å². The molecular formula is C10H17NSi. The molecule has 1 rings (SSSR count). The van der Waals surface area contributed by atoms with Gasteiger partial charge in [-0.15, -0.1) is 0 Å². The van der Waals surface area contributed by atoms with Gasteiger partial charge in [-0.2, -0.15) is 0 Å². The molecule has 0 aliphatic rings. The van der Waals surface area contributed by atoms with Crippen LogP contribution in [0, 0.1) is 0 Å². The summed E-state index contributed by atoms with van der Waals surface area (Å²) in [6.07, 6.45) is 3.68. The lowest BCUT2D eigenvalue weighted by atomic mass is 10.1. The van der Waals surface area contributed by atoms with Gasteiger partial charge < -0.3 is 5.32 Å². The second-order valence-corrected chi connectivity index (χ2v) is 3.65. The van der Waals surface area contributed by atoms with Crippen molar-refractivity contribution in [2.75, 3.05) is 12.7 Å². The predicted octanol–water partition coefficient (Wildman–Crippen LogP) is 0.532. The van der Waals surface area contributed by atoms with E-state index in [1.165, 1.54) is 41.4 Å². The van der Waals surface area contributed by atoms with E-state index < -0.39 is 0 Å². The molecule has 0 unspecified atom stereocenters. The second kappa shape index (κ2) is 5.97. The summed E-state index contributed by atoms with van der Waals surface area (Å²) >= 11 is 0. The standard InChI is InChI=1S/C10H17NSi/c12-9-11-8-4-7-10-5-2-1-3-6-10/h1-3,5-6,11H,4,7-9H2,12H3. The third-order valence-electron chi connectivity index (χ3n) is 1.91. The quantitative estimate of drug-likeness (QED) is 0.514. The number of nitrogens with one attached hydrogen (secondary N) is 1. The van der Waals surface area contributed by atoms with Gasteiger partial charge in [0.1, 0.15) is 0 Å². The van der Waals surface area contributed by atoms with Gasteiger partial charge in [0, 0.05) is 10.2 Å². The molecule has 0 amide bonds. The average molecular weight is 179 g/mol. The molecule has 1 N–H and O–H groups in total. The van der Waals surface area contributed by atoms with Crippen molar-refractivity contribution in [1.82, 2.24) is 5.32 Å². The molecule has 1 aromatic carbocycles. The van der Waals surface area contributed by atoms with E-state index in [2.05, 4.69) is 35.6 Å². The molecule has 0 aromatic heterocycles. The number of rotatable bonds is 5. The summed E-state index contributed by atoms with van der Waals surface area (Å²) < 4.78 is 0. The Balaban J connectivity index is 2.16.